The van der Waals surface area contributed by atoms with Gasteiger partial charge in [-0.3, -0.25) is 0 Å². The van der Waals surface area contributed by atoms with Crippen LogP contribution in [0, 0.1) is 6.92 Å². The molecule has 0 amide bonds. The number of benzene rings is 1. The Kier molecular flexibility index (Phi) is 3.33. The van der Waals surface area contributed by atoms with E-state index in [1.165, 1.54) is 11.1 Å². The van der Waals surface area contributed by atoms with Gasteiger partial charge in [0.2, 0.25) is 0 Å². The van der Waals surface area contributed by atoms with Crippen LogP contribution in [0.1, 0.15) is 25.0 Å². The molecule has 0 saturated carbocycles. The average Bonchev–Trinajstić information content (AvgIpc) is 2.01. The molecule has 0 aliphatic heterocycles. The fourth-order valence-corrected chi connectivity index (χ4v) is 1.95. The summed E-state index contributed by atoms with van der Waals surface area (Å²) < 4.78 is 0. The van der Waals surface area contributed by atoms with Gasteiger partial charge in [0.25, 0.3) is 0 Å². The van der Waals surface area contributed by atoms with Gasteiger partial charge >= 0.3 is 0 Å². The molecule has 1 rings (SSSR count). The van der Waals surface area contributed by atoms with E-state index in [4.69, 9.17) is 0 Å². The Labute approximate surface area is 87.7 Å². The van der Waals surface area contributed by atoms with Crippen LogP contribution in [0.4, 0.5) is 0 Å². The largest absolute Gasteiger partial charge is 0.309 e. The van der Waals surface area contributed by atoms with Gasteiger partial charge in [-0.2, -0.15) is 0 Å². The van der Waals surface area contributed by atoms with Crippen molar-refractivity contribution in [1.29, 1.82) is 0 Å². The summed E-state index contributed by atoms with van der Waals surface area (Å²) in [7, 11) is 4.25. The molecule has 1 heteroatoms. The quantitative estimate of drug-likeness (QED) is 0.710. The lowest BCUT2D eigenvalue weighted by Crippen LogP contribution is -2.32. The molecule has 0 aromatic heterocycles. The number of likely N-dealkylation sites (N-methyl/N-ethyl adjacent to an activating group) is 1. The number of hydrogen-bond donors (Lipinski definition) is 0. The van der Waals surface area contributed by atoms with Gasteiger partial charge in [-0.1, -0.05) is 43.7 Å². The van der Waals surface area contributed by atoms with Crippen LogP contribution in [0.5, 0.6) is 0 Å². The molecule has 0 unspecified atom stereocenters. The summed E-state index contributed by atoms with van der Waals surface area (Å²) in [4.78, 5) is 2.24. The predicted octanol–water partition coefficient (Wildman–Crippen LogP) is 2.83. The van der Waals surface area contributed by atoms with Crippen molar-refractivity contribution in [3.63, 3.8) is 0 Å². The lowest BCUT2D eigenvalue weighted by molar-refractivity contribution is 0.315. The van der Waals surface area contributed by atoms with Gasteiger partial charge in [0.15, 0.2) is 0 Å². The zero-order chi connectivity index (χ0) is 10.8. The maximum atomic E-state index is 2.29. The van der Waals surface area contributed by atoms with E-state index < -0.39 is 0 Å². The zero-order valence-electron chi connectivity index (χ0n) is 9.96. The minimum absolute atomic E-state index is 0.232. The fourth-order valence-electron chi connectivity index (χ4n) is 1.95. The minimum atomic E-state index is 0.232. The van der Waals surface area contributed by atoms with Gasteiger partial charge in [-0.05, 0) is 26.6 Å². The Morgan fingerprint density at radius 1 is 1.21 bits per heavy atom. The third kappa shape index (κ3) is 2.85. The molecular weight excluding hydrogens is 170 g/mol. The highest BCUT2D eigenvalue weighted by atomic mass is 15.1. The monoisotopic (exact) mass is 191 g/mol. The van der Waals surface area contributed by atoms with Crippen LogP contribution in [0.2, 0.25) is 0 Å². The first-order valence-corrected chi connectivity index (χ1v) is 5.14. The van der Waals surface area contributed by atoms with Crippen molar-refractivity contribution in [2.45, 2.75) is 26.2 Å². The van der Waals surface area contributed by atoms with Crippen molar-refractivity contribution in [2.75, 3.05) is 20.6 Å². The van der Waals surface area contributed by atoms with Gasteiger partial charge < -0.3 is 4.90 Å². The summed E-state index contributed by atoms with van der Waals surface area (Å²) in [6.45, 7) is 7.81. The molecule has 1 nitrogen and oxygen atoms in total. The Balaban J connectivity index is 2.91. The summed E-state index contributed by atoms with van der Waals surface area (Å²) in [5.41, 5.74) is 3.00. The van der Waals surface area contributed by atoms with E-state index in [2.05, 4.69) is 64.0 Å². The van der Waals surface area contributed by atoms with E-state index >= 15 is 0 Å². The summed E-state index contributed by atoms with van der Waals surface area (Å²) in [6.07, 6.45) is 0. The fraction of sp³-hybridized carbons (Fsp3) is 0.538. The van der Waals surface area contributed by atoms with E-state index in [1.54, 1.807) is 0 Å². The third-order valence-electron chi connectivity index (χ3n) is 2.51. The number of aryl methyl sites for hydroxylation is 1. The number of rotatable bonds is 3. The van der Waals surface area contributed by atoms with Crippen LogP contribution in [0.3, 0.4) is 0 Å². The molecule has 1 aromatic carbocycles. The van der Waals surface area contributed by atoms with Crippen molar-refractivity contribution in [3.8, 4) is 0 Å². The summed E-state index contributed by atoms with van der Waals surface area (Å²) in [6, 6.07) is 8.79. The first-order chi connectivity index (χ1) is 6.42. The number of nitrogens with zero attached hydrogens (tertiary/aromatic N) is 1. The highest BCUT2D eigenvalue weighted by Gasteiger charge is 2.20. The Bertz CT molecular complexity index is 300. The van der Waals surface area contributed by atoms with Gasteiger partial charge in [-0.15, -0.1) is 0 Å². The molecule has 0 aliphatic carbocycles. The van der Waals surface area contributed by atoms with Gasteiger partial charge in [0.1, 0.15) is 0 Å². The third-order valence-corrected chi connectivity index (χ3v) is 2.51. The molecular formula is C13H21N. The highest BCUT2D eigenvalue weighted by Crippen LogP contribution is 2.24. The van der Waals surface area contributed by atoms with Crippen molar-refractivity contribution in [2.24, 2.45) is 0 Å². The molecule has 0 radical (unpaired) electrons. The molecule has 0 spiro atoms. The van der Waals surface area contributed by atoms with E-state index in [1.807, 2.05) is 0 Å². The van der Waals surface area contributed by atoms with Gasteiger partial charge in [0.05, 0.1) is 0 Å². The summed E-state index contributed by atoms with van der Waals surface area (Å²) in [5.74, 6) is 0. The molecule has 14 heavy (non-hydrogen) atoms. The Morgan fingerprint density at radius 2 is 1.86 bits per heavy atom. The van der Waals surface area contributed by atoms with Crippen molar-refractivity contribution in [3.05, 3.63) is 35.4 Å². The van der Waals surface area contributed by atoms with Crippen molar-refractivity contribution < 1.29 is 0 Å². The summed E-state index contributed by atoms with van der Waals surface area (Å²) >= 11 is 0. The number of hydrogen-bond acceptors (Lipinski definition) is 1. The highest BCUT2D eigenvalue weighted by molar-refractivity contribution is 5.28. The first kappa shape index (κ1) is 11.3. The van der Waals surface area contributed by atoms with Crippen LogP contribution in [0.25, 0.3) is 0 Å². The molecule has 1 aromatic rings. The standard InChI is InChI=1S/C13H21N/c1-11-7-6-8-12(9-11)13(2,3)10-14(4)5/h6-9H,10H2,1-5H3. The second kappa shape index (κ2) is 4.14. The second-order valence-electron chi connectivity index (χ2n) is 4.99. The van der Waals surface area contributed by atoms with E-state index in [9.17, 15) is 0 Å². The molecule has 0 bridgehead atoms. The van der Waals surface area contributed by atoms with Crippen LogP contribution >= 0.6 is 0 Å². The van der Waals surface area contributed by atoms with Crippen LogP contribution < -0.4 is 0 Å². The Hall–Kier alpha value is -0.820. The molecule has 0 atom stereocenters. The predicted molar refractivity (Wildman–Crippen MR) is 62.8 cm³/mol. The molecule has 0 saturated heterocycles. The summed E-state index contributed by atoms with van der Waals surface area (Å²) in [5, 5.41) is 0. The average molecular weight is 191 g/mol. The van der Waals surface area contributed by atoms with E-state index in [0.717, 1.165) is 6.54 Å². The van der Waals surface area contributed by atoms with Crippen LogP contribution in [-0.4, -0.2) is 25.5 Å². The maximum absolute atomic E-state index is 2.29. The van der Waals surface area contributed by atoms with Crippen LogP contribution in [0.15, 0.2) is 24.3 Å². The molecule has 78 valence electrons. The van der Waals surface area contributed by atoms with Crippen LogP contribution in [-0.2, 0) is 5.41 Å². The van der Waals surface area contributed by atoms with Gasteiger partial charge in [0, 0.05) is 12.0 Å². The smallest absolute Gasteiger partial charge is 0.00672 e. The van der Waals surface area contributed by atoms with E-state index in [-0.39, 0.29) is 5.41 Å². The molecule has 0 fully saturated rings. The first-order valence-electron chi connectivity index (χ1n) is 5.14. The van der Waals surface area contributed by atoms with Crippen molar-refractivity contribution >= 4 is 0 Å². The normalized spacial score (nSPS) is 12.1. The van der Waals surface area contributed by atoms with Crippen molar-refractivity contribution in [1.82, 2.24) is 4.90 Å². The van der Waals surface area contributed by atoms with Gasteiger partial charge in [-0.25, -0.2) is 0 Å². The topological polar surface area (TPSA) is 3.24 Å². The maximum Gasteiger partial charge on any atom is 0.00672 e. The molecule has 0 N–H and O–H groups in total. The second-order valence-corrected chi connectivity index (χ2v) is 4.99. The lowest BCUT2D eigenvalue weighted by Gasteiger charge is -2.29. The SMILES string of the molecule is Cc1cccc(C(C)(C)CN(C)C)c1. The zero-order valence-corrected chi connectivity index (χ0v) is 9.96. The molecule has 0 heterocycles. The minimum Gasteiger partial charge on any atom is -0.309 e. The molecule has 0 aliphatic rings. The lowest BCUT2D eigenvalue weighted by atomic mass is 9.83. The Morgan fingerprint density at radius 3 is 2.36 bits per heavy atom. The van der Waals surface area contributed by atoms with E-state index in [0.29, 0.717) is 0 Å².